The van der Waals surface area contributed by atoms with E-state index >= 15 is 0 Å². The molecule has 1 aliphatic heterocycles. The topological polar surface area (TPSA) is 58.4 Å². The maximum absolute atomic E-state index is 11.0. The van der Waals surface area contributed by atoms with Gasteiger partial charge < -0.3 is 5.32 Å². The SMILES string of the molecule is CC[C@H](c1ccc(Br)c([N+](=O)[O-])c1)N1CCNCC1. The van der Waals surface area contributed by atoms with Crippen molar-refractivity contribution in [1.29, 1.82) is 0 Å². The van der Waals surface area contributed by atoms with E-state index in [0.29, 0.717) is 4.47 Å². The first-order valence-electron chi connectivity index (χ1n) is 6.52. The third kappa shape index (κ3) is 3.32. The number of hydrogen-bond donors (Lipinski definition) is 1. The molecule has 5 nitrogen and oxygen atoms in total. The van der Waals surface area contributed by atoms with Crippen LogP contribution in [0.2, 0.25) is 0 Å². The second-order valence-electron chi connectivity index (χ2n) is 4.68. The number of hydrogen-bond acceptors (Lipinski definition) is 4. The van der Waals surface area contributed by atoms with E-state index in [1.54, 1.807) is 12.1 Å². The number of piperazine rings is 1. The minimum atomic E-state index is -0.335. The predicted molar refractivity (Wildman–Crippen MR) is 78.3 cm³/mol. The number of rotatable bonds is 4. The number of nitro benzene ring substituents is 1. The van der Waals surface area contributed by atoms with Crippen molar-refractivity contribution in [2.24, 2.45) is 0 Å². The molecule has 104 valence electrons. The molecular formula is C13H18BrN3O2. The summed E-state index contributed by atoms with van der Waals surface area (Å²) < 4.78 is 0.538. The van der Waals surface area contributed by atoms with Crippen molar-refractivity contribution < 1.29 is 4.92 Å². The molecule has 1 N–H and O–H groups in total. The minimum absolute atomic E-state index is 0.145. The van der Waals surface area contributed by atoms with E-state index in [0.717, 1.165) is 38.2 Å². The predicted octanol–water partition coefficient (Wildman–Crippen LogP) is 2.71. The first kappa shape index (κ1) is 14.4. The lowest BCUT2D eigenvalue weighted by Crippen LogP contribution is -2.45. The monoisotopic (exact) mass is 327 g/mol. The molecule has 1 atom stereocenters. The Kier molecular flexibility index (Phi) is 4.90. The van der Waals surface area contributed by atoms with E-state index in [4.69, 9.17) is 0 Å². The normalized spacial score (nSPS) is 18.2. The highest BCUT2D eigenvalue weighted by molar-refractivity contribution is 9.10. The number of nitrogens with one attached hydrogen (secondary N) is 1. The van der Waals surface area contributed by atoms with Gasteiger partial charge in [-0.2, -0.15) is 0 Å². The summed E-state index contributed by atoms with van der Waals surface area (Å²) in [6.07, 6.45) is 0.957. The van der Waals surface area contributed by atoms with Crippen molar-refractivity contribution >= 4 is 21.6 Å². The molecule has 2 rings (SSSR count). The van der Waals surface area contributed by atoms with Crippen LogP contribution in [0.25, 0.3) is 0 Å². The van der Waals surface area contributed by atoms with E-state index in [-0.39, 0.29) is 16.7 Å². The van der Waals surface area contributed by atoms with Gasteiger partial charge in [-0.1, -0.05) is 13.0 Å². The van der Waals surface area contributed by atoms with Crippen molar-refractivity contribution in [2.75, 3.05) is 26.2 Å². The molecule has 1 saturated heterocycles. The molecule has 0 unspecified atom stereocenters. The molecule has 6 heteroatoms. The van der Waals surface area contributed by atoms with Crippen molar-refractivity contribution in [2.45, 2.75) is 19.4 Å². The quantitative estimate of drug-likeness (QED) is 0.682. The summed E-state index contributed by atoms with van der Waals surface area (Å²) in [7, 11) is 0. The highest BCUT2D eigenvalue weighted by atomic mass is 79.9. The summed E-state index contributed by atoms with van der Waals surface area (Å²) >= 11 is 3.23. The van der Waals surface area contributed by atoms with Gasteiger partial charge >= 0.3 is 0 Å². The molecular weight excluding hydrogens is 310 g/mol. The van der Waals surface area contributed by atoms with Crippen LogP contribution in [0.1, 0.15) is 24.9 Å². The van der Waals surface area contributed by atoms with E-state index in [2.05, 4.69) is 33.1 Å². The summed E-state index contributed by atoms with van der Waals surface area (Å²) in [6.45, 7) is 6.07. The second-order valence-corrected chi connectivity index (χ2v) is 5.53. The Balaban J connectivity index is 2.27. The van der Waals surface area contributed by atoms with Crippen molar-refractivity contribution in [3.05, 3.63) is 38.3 Å². The molecule has 0 amide bonds. The van der Waals surface area contributed by atoms with E-state index in [1.807, 2.05) is 6.07 Å². The van der Waals surface area contributed by atoms with Crippen LogP contribution in [0.3, 0.4) is 0 Å². The highest BCUT2D eigenvalue weighted by Gasteiger charge is 2.23. The molecule has 0 aromatic heterocycles. The maximum atomic E-state index is 11.0. The van der Waals surface area contributed by atoms with E-state index in [1.165, 1.54) is 0 Å². The summed E-state index contributed by atoms with van der Waals surface area (Å²) in [4.78, 5) is 13.1. The van der Waals surface area contributed by atoms with Gasteiger partial charge in [0.05, 0.1) is 9.40 Å². The molecule has 0 bridgehead atoms. The van der Waals surface area contributed by atoms with Crippen LogP contribution in [-0.4, -0.2) is 36.0 Å². The molecule has 1 fully saturated rings. The van der Waals surface area contributed by atoms with E-state index < -0.39 is 0 Å². The van der Waals surface area contributed by atoms with Crippen LogP contribution in [0.15, 0.2) is 22.7 Å². The highest BCUT2D eigenvalue weighted by Crippen LogP contribution is 2.31. The Morgan fingerprint density at radius 1 is 1.47 bits per heavy atom. The first-order valence-corrected chi connectivity index (χ1v) is 7.31. The molecule has 1 heterocycles. The third-order valence-corrected chi connectivity index (χ3v) is 4.20. The van der Waals surface area contributed by atoms with Crippen LogP contribution in [0.5, 0.6) is 0 Å². The summed E-state index contributed by atoms with van der Waals surface area (Å²) in [6, 6.07) is 5.71. The lowest BCUT2D eigenvalue weighted by atomic mass is 10.0. The Morgan fingerprint density at radius 3 is 2.74 bits per heavy atom. The Bertz CT molecular complexity index is 461. The molecule has 1 aromatic rings. The number of nitrogens with zero attached hydrogens (tertiary/aromatic N) is 2. The van der Waals surface area contributed by atoms with Crippen molar-refractivity contribution in [1.82, 2.24) is 10.2 Å². The van der Waals surface area contributed by atoms with Gasteiger partial charge in [-0.3, -0.25) is 15.0 Å². The van der Waals surface area contributed by atoms with Crippen LogP contribution >= 0.6 is 15.9 Å². The molecule has 1 aromatic carbocycles. The number of nitro groups is 1. The zero-order valence-electron chi connectivity index (χ0n) is 10.9. The van der Waals surface area contributed by atoms with E-state index in [9.17, 15) is 10.1 Å². The molecule has 1 aliphatic rings. The zero-order valence-corrected chi connectivity index (χ0v) is 12.5. The standard InChI is InChI=1S/C13H18BrN3O2/c1-2-12(16-7-5-15-6-8-16)10-3-4-11(14)13(9-10)17(18)19/h3-4,9,12,15H,2,5-8H2,1H3/t12-/m1/s1. The van der Waals surface area contributed by atoms with Gasteiger partial charge in [0.2, 0.25) is 0 Å². The van der Waals surface area contributed by atoms with Gasteiger partial charge in [0.25, 0.3) is 5.69 Å². The van der Waals surface area contributed by atoms with Gasteiger partial charge in [-0.05, 0) is 34.0 Å². The lowest BCUT2D eigenvalue weighted by Gasteiger charge is -2.34. The Hall–Kier alpha value is -0.980. The fourth-order valence-electron chi connectivity index (χ4n) is 2.58. The molecule has 0 saturated carbocycles. The smallest absolute Gasteiger partial charge is 0.283 e. The van der Waals surface area contributed by atoms with Gasteiger partial charge in [0.1, 0.15) is 0 Å². The summed E-state index contributed by atoms with van der Waals surface area (Å²) in [5.74, 6) is 0. The van der Waals surface area contributed by atoms with Crippen molar-refractivity contribution in [3.8, 4) is 0 Å². The van der Waals surface area contributed by atoms with Crippen LogP contribution in [-0.2, 0) is 0 Å². The van der Waals surface area contributed by atoms with Crippen molar-refractivity contribution in [3.63, 3.8) is 0 Å². The first-order chi connectivity index (χ1) is 9.13. The zero-order chi connectivity index (χ0) is 13.8. The average molecular weight is 328 g/mol. The Labute approximate surface area is 121 Å². The van der Waals surface area contributed by atoms with Crippen LogP contribution in [0.4, 0.5) is 5.69 Å². The average Bonchev–Trinajstić information content (AvgIpc) is 2.42. The molecule has 19 heavy (non-hydrogen) atoms. The van der Waals surface area contributed by atoms with Gasteiger partial charge in [0, 0.05) is 38.3 Å². The largest absolute Gasteiger partial charge is 0.314 e. The number of halogens is 1. The fourth-order valence-corrected chi connectivity index (χ4v) is 2.97. The Morgan fingerprint density at radius 2 is 2.16 bits per heavy atom. The molecule has 0 spiro atoms. The van der Waals surface area contributed by atoms with Gasteiger partial charge in [-0.15, -0.1) is 0 Å². The number of benzene rings is 1. The maximum Gasteiger partial charge on any atom is 0.283 e. The van der Waals surface area contributed by atoms with Gasteiger partial charge in [0.15, 0.2) is 0 Å². The minimum Gasteiger partial charge on any atom is -0.314 e. The van der Waals surface area contributed by atoms with Gasteiger partial charge in [-0.25, -0.2) is 0 Å². The third-order valence-electron chi connectivity index (χ3n) is 3.53. The second kappa shape index (κ2) is 6.45. The summed E-state index contributed by atoms with van der Waals surface area (Å²) in [5, 5.41) is 14.3. The molecule has 0 aliphatic carbocycles. The molecule has 0 radical (unpaired) electrons. The van der Waals surface area contributed by atoms with Crippen LogP contribution in [0, 0.1) is 10.1 Å². The lowest BCUT2D eigenvalue weighted by molar-refractivity contribution is -0.385. The summed E-state index contributed by atoms with van der Waals surface area (Å²) in [5.41, 5.74) is 1.17. The van der Waals surface area contributed by atoms with Crippen LogP contribution < -0.4 is 5.32 Å². The fraction of sp³-hybridized carbons (Fsp3) is 0.538.